The minimum absolute atomic E-state index is 0.0632. The van der Waals surface area contributed by atoms with Gasteiger partial charge in [0.1, 0.15) is 0 Å². The molecule has 1 fully saturated rings. The summed E-state index contributed by atoms with van der Waals surface area (Å²) in [5, 5.41) is 0. The molecule has 0 bridgehead atoms. The van der Waals surface area contributed by atoms with Gasteiger partial charge in [-0.2, -0.15) is 0 Å². The fourth-order valence-electron chi connectivity index (χ4n) is 1.29. The Bertz CT molecular complexity index is 342. The summed E-state index contributed by atoms with van der Waals surface area (Å²) in [5.41, 5.74) is 1.83. The van der Waals surface area contributed by atoms with Crippen molar-refractivity contribution in [1.82, 2.24) is 5.48 Å². The summed E-state index contributed by atoms with van der Waals surface area (Å²) in [5.74, 6) is -0.768. The van der Waals surface area contributed by atoms with Gasteiger partial charge in [0.25, 0.3) is 0 Å². The zero-order valence-corrected chi connectivity index (χ0v) is 10.1. The van der Waals surface area contributed by atoms with Crippen molar-refractivity contribution in [2.24, 2.45) is 5.92 Å². The van der Waals surface area contributed by atoms with E-state index in [2.05, 4.69) is 5.48 Å². The van der Waals surface area contributed by atoms with Crippen molar-refractivity contribution < 1.29 is 18.0 Å². The van der Waals surface area contributed by atoms with Gasteiger partial charge < -0.3 is 0 Å². The predicted octanol–water partition coefficient (Wildman–Crippen LogP) is 0.267. The Morgan fingerprint density at radius 1 is 1.40 bits per heavy atom. The summed E-state index contributed by atoms with van der Waals surface area (Å²) in [6.07, 6.45) is 0.391. The van der Waals surface area contributed by atoms with E-state index < -0.39 is 21.4 Å². The van der Waals surface area contributed by atoms with E-state index in [1.54, 1.807) is 20.8 Å². The second kappa shape index (κ2) is 4.09. The first kappa shape index (κ1) is 12.4. The molecule has 0 spiro atoms. The van der Waals surface area contributed by atoms with Crippen LogP contribution in [0.15, 0.2) is 0 Å². The van der Waals surface area contributed by atoms with Crippen LogP contribution in [0.2, 0.25) is 0 Å². The standard InChI is InChI=1S/C9H17NO4S/c1-9(2,3)14-10-8(11)7-4-5-15(12,13)6-7/h7H,4-6H2,1-3H3,(H,10,11). The molecule has 1 amide bonds. The molecule has 1 N–H and O–H groups in total. The van der Waals surface area contributed by atoms with E-state index >= 15 is 0 Å². The molecule has 1 unspecified atom stereocenters. The molecule has 6 heteroatoms. The molecule has 1 atom stereocenters. The van der Waals surface area contributed by atoms with Crippen molar-refractivity contribution in [2.75, 3.05) is 11.5 Å². The van der Waals surface area contributed by atoms with Crippen molar-refractivity contribution in [1.29, 1.82) is 0 Å². The molecule has 0 aromatic heterocycles. The van der Waals surface area contributed by atoms with Crippen LogP contribution in [0, 0.1) is 5.92 Å². The molecule has 1 saturated heterocycles. The highest BCUT2D eigenvalue weighted by molar-refractivity contribution is 7.91. The highest BCUT2D eigenvalue weighted by Gasteiger charge is 2.33. The van der Waals surface area contributed by atoms with Crippen LogP contribution in [0.25, 0.3) is 0 Å². The van der Waals surface area contributed by atoms with Gasteiger partial charge in [-0.25, -0.2) is 13.9 Å². The number of hydrogen-bond acceptors (Lipinski definition) is 4. The van der Waals surface area contributed by atoms with E-state index in [1.807, 2.05) is 0 Å². The molecule has 1 aliphatic heterocycles. The van der Waals surface area contributed by atoms with E-state index in [0.717, 1.165) is 0 Å². The van der Waals surface area contributed by atoms with Gasteiger partial charge in [0.15, 0.2) is 9.84 Å². The molecule has 5 nitrogen and oxygen atoms in total. The van der Waals surface area contributed by atoms with E-state index in [4.69, 9.17) is 4.84 Å². The quantitative estimate of drug-likeness (QED) is 0.697. The summed E-state index contributed by atoms with van der Waals surface area (Å²) >= 11 is 0. The first-order valence-corrected chi connectivity index (χ1v) is 6.70. The molecule has 0 radical (unpaired) electrons. The van der Waals surface area contributed by atoms with Crippen molar-refractivity contribution in [3.05, 3.63) is 0 Å². The second-order valence-corrected chi connectivity index (χ2v) is 7.01. The van der Waals surface area contributed by atoms with Crippen LogP contribution >= 0.6 is 0 Å². The molecule has 0 saturated carbocycles. The summed E-state index contributed by atoms with van der Waals surface area (Å²) < 4.78 is 22.3. The van der Waals surface area contributed by atoms with Crippen LogP contribution < -0.4 is 5.48 Å². The fourth-order valence-corrected chi connectivity index (χ4v) is 3.03. The lowest BCUT2D eigenvalue weighted by Gasteiger charge is -2.20. The average Bonchev–Trinajstić information content (AvgIpc) is 2.40. The van der Waals surface area contributed by atoms with Gasteiger partial charge in [0.05, 0.1) is 23.0 Å². The van der Waals surface area contributed by atoms with E-state index in [1.165, 1.54) is 0 Å². The minimum atomic E-state index is -3.01. The van der Waals surface area contributed by atoms with E-state index in [9.17, 15) is 13.2 Å². The molecule has 1 heterocycles. The first-order chi connectivity index (χ1) is 6.70. The lowest BCUT2D eigenvalue weighted by molar-refractivity contribution is -0.148. The Morgan fingerprint density at radius 3 is 2.40 bits per heavy atom. The van der Waals surface area contributed by atoms with Gasteiger partial charge in [-0.15, -0.1) is 0 Å². The number of hydrogen-bond donors (Lipinski definition) is 1. The van der Waals surface area contributed by atoms with Crippen LogP contribution in [0.3, 0.4) is 0 Å². The Balaban J connectivity index is 2.43. The molecule has 88 valence electrons. The summed E-state index contributed by atoms with van der Waals surface area (Å²) in [6.45, 7) is 5.41. The number of amides is 1. The predicted molar refractivity (Wildman–Crippen MR) is 55.7 cm³/mol. The van der Waals surface area contributed by atoms with Gasteiger partial charge in [-0.05, 0) is 27.2 Å². The summed E-state index contributed by atoms with van der Waals surface area (Å²) in [7, 11) is -3.01. The van der Waals surface area contributed by atoms with E-state index in [0.29, 0.717) is 6.42 Å². The molecular weight excluding hydrogens is 218 g/mol. The molecule has 15 heavy (non-hydrogen) atoms. The number of nitrogens with one attached hydrogen (secondary N) is 1. The van der Waals surface area contributed by atoms with Gasteiger partial charge in [-0.3, -0.25) is 9.63 Å². The Kier molecular flexibility index (Phi) is 3.40. The monoisotopic (exact) mass is 235 g/mol. The van der Waals surface area contributed by atoms with Crippen LogP contribution in [-0.4, -0.2) is 31.4 Å². The maximum absolute atomic E-state index is 11.5. The normalized spacial score (nSPS) is 25.1. The first-order valence-electron chi connectivity index (χ1n) is 4.88. The zero-order valence-electron chi connectivity index (χ0n) is 9.24. The fraction of sp³-hybridized carbons (Fsp3) is 0.889. The lowest BCUT2D eigenvalue weighted by Crippen LogP contribution is -2.37. The maximum atomic E-state index is 11.5. The molecule has 1 rings (SSSR count). The number of rotatable bonds is 2. The average molecular weight is 235 g/mol. The topological polar surface area (TPSA) is 72.5 Å². The molecular formula is C9H17NO4S. The van der Waals surface area contributed by atoms with Gasteiger partial charge in [-0.1, -0.05) is 0 Å². The third-order valence-electron chi connectivity index (χ3n) is 2.06. The van der Waals surface area contributed by atoms with E-state index in [-0.39, 0.29) is 17.4 Å². The Hall–Kier alpha value is -0.620. The van der Waals surface area contributed by atoms with Crippen LogP contribution in [0.1, 0.15) is 27.2 Å². The number of hydroxylamine groups is 1. The smallest absolute Gasteiger partial charge is 0.247 e. The largest absolute Gasteiger partial charge is 0.272 e. The third kappa shape index (κ3) is 4.17. The van der Waals surface area contributed by atoms with Crippen LogP contribution in [0.4, 0.5) is 0 Å². The van der Waals surface area contributed by atoms with Crippen molar-refractivity contribution in [3.63, 3.8) is 0 Å². The summed E-state index contributed by atoms with van der Waals surface area (Å²) in [4.78, 5) is 16.6. The Morgan fingerprint density at radius 2 is 2.00 bits per heavy atom. The maximum Gasteiger partial charge on any atom is 0.247 e. The number of carbonyl (C=O) groups is 1. The molecule has 0 aromatic rings. The highest BCUT2D eigenvalue weighted by atomic mass is 32.2. The number of sulfone groups is 1. The third-order valence-corrected chi connectivity index (χ3v) is 3.83. The molecule has 0 aromatic carbocycles. The van der Waals surface area contributed by atoms with Gasteiger partial charge in [0, 0.05) is 0 Å². The SMILES string of the molecule is CC(C)(C)ONC(=O)C1CCS(=O)(=O)C1. The highest BCUT2D eigenvalue weighted by Crippen LogP contribution is 2.18. The van der Waals surface area contributed by atoms with Crippen molar-refractivity contribution >= 4 is 15.7 Å². The zero-order chi connectivity index (χ0) is 11.7. The lowest BCUT2D eigenvalue weighted by atomic mass is 10.1. The van der Waals surface area contributed by atoms with Crippen LogP contribution in [-0.2, 0) is 19.5 Å². The molecule has 1 aliphatic rings. The van der Waals surface area contributed by atoms with Crippen LogP contribution in [0.5, 0.6) is 0 Å². The van der Waals surface area contributed by atoms with Gasteiger partial charge in [0.2, 0.25) is 5.91 Å². The number of carbonyl (C=O) groups excluding carboxylic acids is 1. The second-order valence-electron chi connectivity index (χ2n) is 4.78. The molecule has 0 aliphatic carbocycles. The van der Waals surface area contributed by atoms with Crippen molar-refractivity contribution in [2.45, 2.75) is 32.8 Å². The van der Waals surface area contributed by atoms with Gasteiger partial charge >= 0.3 is 0 Å². The minimum Gasteiger partial charge on any atom is -0.272 e. The van der Waals surface area contributed by atoms with Crippen molar-refractivity contribution in [3.8, 4) is 0 Å². The Labute approximate surface area is 90.1 Å². The summed E-state index contributed by atoms with van der Waals surface area (Å²) in [6, 6.07) is 0.